The third-order valence-electron chi connectivity index (χ3n) is 9.34. The van der Waals surface area contributed by atoms with Crippen molar-refractivity contribution >= 4 is 65.9 Å². The molecule has 0 unspecified atom stereocenters. The van der Waals surface area contributed by atoms with E-state index in [2.05, 4.69) is 30.2 Å². The molecule has 3 atom stereocenters. The van der Waals surface area contributed by atoms with E-state index in [9.17, 15) is 40.0 Å². The zero-order valence-corrected chi connectivity index (χ0v) is 30.3. The molecule has 0 spiro atoms. The number of nitrogens with zero attached hydrogens (tertiary/aromatic N) is 7. The van der Waals surface area contributed by atoms with Gasteiger partial charge in [0.05, 0.1) is 39.4 Å². The fourth-order valence-electron chi connectivity index (χ4n) is 7.22. The molecule has 6 aromatic rings. The van der Waals surface area contributed by atoms with Crippen molar-refractivity contribution in [3.05, 3.63) is 91.2 Å². The van der Waals surface area contributed by atoms with Crippen LogP contribution in [0.2, 0.25) is 5.02 Å². The Bertz CT molecular complexity index is 2760. The summed E-state index contributed by atoms with van der Waals surface area (Å²) in [4.78, 5) is 36.9. The highest BCUT2D eigenvalue weighted by molar-refractivity contribution is 7.92. The fraction of sp³-hybridized carbons (Fsp3) is 0.312. The van der Waals surface area contributed by atoms with E-state index in [0.29, 0.717) is 10.7 Å². The molecule has 0 bridgehead atoms. The molecule has 13 nitrogen and oxygen atoms in total. The molecule has 1 fully saturated rings. The van der Waals surface area contributed by atoms with Gasteiger partial charge in [0.25, 0.3) is 11.5 Å². The van der Waals surface area contributed by atoms with E-state index in [1.165, 1.54) is 29.4 Å². The third-order valence-corrected chi connectivity index (χ3v) is 10.9. The quantitative estimate of drug-likeness (QED) is 0.180. The first-order chi connectivity index (χ1) is 25.7. The van der Waals surface area contributed by atoms with Gasteiger partial charge in [0.15, 0.2) is 21.9 Å². The second-order valence-electron chi connectivity index (χ2n) is 13.2. The number of benzene rings is 2. The summed E-state index contributed by atoms with van der Waals surface area (Å²) in [6.07, 6.45) is -4.88. The molecule has 288 valence electrons. The molecule has 2 N–H and O–H groups in total. The number of hydrogen-bond acceptors (Lipinski definition) is 9. The van der Waals surface area contributed by atoms with Crippen LogP contribution >= 0.6 is 22.9 Å². The fourth-order valence-corrected chi connectivity index (χ4v) is 8.61. The summed E-state index contributed by atoms with van der Waals surface area (Å²) in [5, 5.41) is 10.2. The van der Waals surface area contributed by atoms with Gasteiger partial charge in [0.2, 0.25) is 15.9 Å². The van der Waals surface area contributed by atoms with Crippen molar-refractivity contribution in [2.45, 2.75) is 43.4 Å². The summed E-state index contributed by atoms with van der Waals surface area (Å²) in [5.74, 6) is -9.82. The molecule has 8 rings (SSSR count). The highest BCUT2D eigenvalue weighted by atomic mass is 35.5. The van der Waals surface area contributed by atoms with Gasteiger partial charge in [-0.05, 0) is 42.2 Å². The minimum atomic E-state index is -5.10. The van der Waals surface area contributed by atoms with Crippen LogP contribution in [0.5, 0.6) is 0 Å². The number of halogens is 8. The molecule has 1 amide bonds. The van der Waals surface area contributed by atoms with Gasteiger partial charge >= 0.3 is 6.18 Å². The molecule has 2 aliphatic rings. The minimum absolute atomic E-state index is 0.00908. The van der Waals surface area contributed by atoms with Gasteiger partial charge in [-0.3, -0.25) is 28.2 Å². The summed E-state index contributed by atoms with van der Waals surface area (Å²) < 4.78 is 131. The summed E-state index contributed by atoms with van der Waals surface area (Å²) >= 11 is 7.43. The van der Waals surface area contributed by atoms with Gasteiger partial charge in [-0.25, -0.2) is 27.2 Å². The molecule has 23 heteroatoms. The SMILES string of the molecule is Cn1nc(NS(C)(=O)=O)c2c(Cl)ccc(-n3c([C@H](Cc4cc(F)cc(F)c4)NC(=O)Cn4nc(C(F)(F)F)c5c4C(F)(F)[C@@H]4C[C@H]54)nc4scnc4c3=O)c21. The number of hydrogen-bond donors (Lipinski definition) is 2. The predicted molar refractivity (Wildman–Crippen MR) is 184 cm³/mol. The highest BCUT2D eigenvalue weighted by Crippen LogP contribution is 2.68. The number of carbonyl (C=O) groups excluding carboxylic acids is 1. The third kappa shape index (κ3) is 6.28. The number of aryl methyl sites for hydroxylation is 1. The molecule has 4 aromatic heterocycles. The Hall–Kier alpha value is -5.09. The van der Waals surface area contributed by atoms with Crippen LogP contribution in [0.25, 0.3) is 26.9 Å². The maximum atomic E-state index is 15.3. The van der Waals surface area contributed by atoms with E-state index in [-0.39, 0.29) is 55.6 Å². The molecular weight excluding hydrogens is 807 g/mol. The first kappa shape index (κ1) is 36.9. The van der Waals surface area contributed by atoms with Gasteiger partial charge in [-0.2, -0.15) is 32.1 Å². The summed E-state index contributed by atoms with van der Waals surface area (Å²) in [7, 11) is -2.48. The second kappa shape index (κ2) is 12.5. The van der Waals surface area contributed by atoms with Crippen molar-refractivity contribution in [2.75, 3.05) is 11.0 Å². The number of thiazole rings is 1. The molecule has 55 heavy (non-hydrogen) atoms. The van der Waals surface area contributed by atoms with Crippen LogP contribution in [-0.2, 0) is 46.9 Å². The summed E-state index contributed by atoms with van der Waals surface area (Å²) in [6.45, 7) is -1.14. The average molecular weight is 830 g/mol. The van der Waals surface area contributed by atoms with E-state index in [0.717, 1.165) is 34.3 Å². The second-order valence-corrected chi connectivity index (χ2v) is 16.2. The lowest BCUT2D eigenvalue weighted by Crippen LogP contribution is -2.38. The molecule has 1 saturated carbocycles. The maximum absolute atomic E-state index is 15.3. The predicted octanol–water partition coefficient (Wildman–Crippen LogP) is 5.56. The lowest BCUT2D eigenvalue weighted by molar-refractivity contribution is -0.142. The molecule has 0 saturated heterocycles. The van der Waals surface area contributed by atoms with Gasteiger partial charge in [-0.1, -0.05) is 11.6 Å². The first-order valence-corrected chi connectivity index (χ1v) is 19.2. The summed E-state index contributed by atoms with van der Waals surface area (Å²) in [6, 6.07) is 3.60. The van der Waals surface area contributed by atoms with E-state index >= 15 is 8.78 Å². The van der Waals surface area contributed by atoms with Gasteiger partial charge in [-0.15, -0.1) is 11.3 Å². The number of sulfonamides is 1. The zero-order valence-electron chi connectivity index (χ0n) is 27.9. The number of fused-ring (bicyclic) bond motifs is 5. The lowest BCUT2D eigenvalue weighted by Gasteiger charge is -2.23. The highest BCUT2D eigenvalue weighted by Gasteiger charge is 2.68. The van der Waals surface area contributed by atoms with Crippen molar-refractivity contribution in [3.63, 3.8) is 0 Å². The topological polar surface area (TPSA) is 159 Å². The largest absolute Gasteiger partial charge is 0.435 e. The Morgan fingerprint density at radius 1 is 1.15 bits per heavy atom. The minimum Gasteiger partial charge on any atom is -0.344 e. The van der Waals surface area contributed by atoms with Crippen LogP contribution in [0.15, 0.2) is 40.6 Å². The van der Waals surface area contributed by atoms with Crippen LogP contribution in [0.3, 0.4) is 0 Å². The zero-order chi connectivity index (χ0) is 39.5. The number of alkyl halides is 5. The van der Waals surface area contributed by atoms with Gasteiger partial charge in [0.1, 0.15) is 29.7 Å². The van der Waals surface area contributed by atoms with Crippen LogP contribution in [0.1, 0.15) is 46.7 Å². The van der Waals surface area contributed by atoms with Gasteiger partial charge in [0, 0.05) is 31.0 Å². The van der Waals surface area contributed by atoms with Crippen molar-refractivity contribution in [1.82, 2.24) is 39.4 Å². The Morgan fingerprint density at radius 3 is 2.53 bits per heavy atom. The number of anilines is 1. The lowest BCUT2D eigenvalue weighted by atomic mass is 10.0. The average Bonchev–Trinajstić information content (AvgIpc) is 3.28. The van der Waals surface area contributed by atoms with E-state index in [4.69, 9.17) is 11.6 Å². The number of aromatic nitrogens is 7. The van der Waals surface area contributed by atoms with Crippen molar-refractivity contribution in [3.8, 4) is 5.69 Å². The molecule has 4 heterocycles. The Labute approximate surface area is 312 Å². The van der Waals surface area contributed by atoms with Crippen molar-refractivity contribution < 1.29 is 43.9 Å². The number of nitrogens with one attached hydrogen (secondary N) is 2. The van der Waals surface area contributed by atoms with E-state index in [1.807, 2.05) is 0 Å². The normalized spacial score (nSPS) is 18.1. The first-order valence-electron chi connectivity index (χ1n) is 16.0. The van der Waals surface area contributed by atoms with Crippen molar-refractivity contribution in [2.24, 2.45) is 13.0 Å². The number of rotatable bonds is 9. The van der Waals surface area contributed by atoms with Crippen LogP contribution in [0, 0.1) is 17.6 Å². The molecule has 2 aromatic carbocycles. The smallest absolute Gasteiger partial charge is 0.344 e. The van der Waals surface area contributed by atoms with Crippen LogP contribution in [-0.4, -0.2) is 54.7 Å². The molecule has 2 aliphatic carbocycles. The Morgan fingerprint density at radius 2 is 1.85 bits per heavy atom. The Balaban J connectivity index is 1.29. The molecule has 0 aliphatic heterocycles. The molecule has 0 radical (unpaired) electrons. The monoisotopic (exact) mass is 829 g/mol. The van der Waals surface area contributed by atoms with Gasteiger partial charge < -0.3 is 5.32 Å². The van der Waals surface area contributed by atoms with Crippen LogP contribution in [0.4, 0.5) is 36.6 Å². The maximum Gasteiger partial charge on any atom is 0.435 e. The molecular formula is C32H23ClF7N9O4S2. The summed E-state index contributed by atoms with van der Waals surface area (Å²) in [5.41, 5.74) is -2.91. The van der Waals surface area contributed by atoms with Crippen molar-refractivity contribution in [1.29, 1.82) is 0 Å². The van der Waals surface area contributed by atoms with Crippen LogP contribution < -0.4 is 15.6 Å². The van der Waals surface area contributed by atoms with E-state index in [1.54, 1.807) is 0 Å². The number of amides is 1. The Kier molecular flexibility index (Phi) is 8.35. The van der Waals surface area contributed by atoms with E-state index < -0.39 is 93.0 Å². The standard InChI is InChI=1S/C32H23ClF7N9O4S2/c1-47-24-19(4-3-17(33)22(24)27(45-47)46-55(2,52)53)49-28(43-29-23(30(49)51)41-11-54-29)18(7-12-5-13(34)8-14(35)6-12)42-20(50)10-48-26-21(25(44-48)32(38,39)40)15-9-16(15)31(26,36)37/h3-6,8,11,15-16,18H,7,9-10H2,1-2H3,(H,42,50)(H,45,46)/t15-,16+,18-/m0/s1. The number of carbonyl (C=O) groups is 1.